The molecule has 0 aliphatic rings. The molecular formula is C20H19BrFNO. The Bertz CT molecular complexity index is 871. The number of hydrogen-bond donors (Lipinski definition) is 1. The minimum absolute atomic E-state index is 0.144. The molecule has 1 heterocycles. The maximum atomic E-state index is 13.3. The molecule has 2 aromatic carbocycles. The van der Waals surface area contributed by atoms with E-state index in [1.54, 1.807) is 18.3 Å². The van der Waals surface area contributed by atoms with E-state index in [1.165, 1.54) is 6.07 Å². The molecule has 0 spiro atoms. The first-order valence-corrected chi connectivity index (χ1v) is 8.89. The topological polar surface area (TPSA) is 32.9 Å². The van der Waals surface area contributed by atoms with Gasteiger partial charge in [0.1, 0.15) is 5.82 Å². The van der Waals surface area contributed by atoms with Gasteiger partial charge in [0.25, 0.3) is 0 Å². The summed E-state index contributed by atoms with van der Waals surface area (Å²) in [4.78, 5) is 15.7. The van der Waals surface area contributed by atoms with Crippen LogP contribution in [0.15, 0.2) is 53.1 Å². The van der Waals surface area contributed by atoms with Crippen LogP contribution < -0.4 is 0 Å². The number of benzene rings is 2. The van der Waals surface area contributed by atoms with Gasteiger partial charge in [0.05, 0.1) is 0 Å². The van der Waals surface area contributed by atoms with Crippen LogP contribution in [0.2, 0.25) is 0 Å². The van der Waals surface area contributed by atoms with Crippen LogP contribution in [0.1, 0.15) is 48.0 Å². The van der Waals surface area contributed by atoms with Gasteiger partial charge >= 0.3 is 0 Å². The Hall–Kier alpha value is -1.94. The van der Waals surface area contributed by atoms with Crippen LogP contribution in [0, 0.1) is 5.82 Å². The summed E-state index contributed by atoms with van der Waals surface area (Å²) in [5, 5.41) is 0.951. The van der Waals surface area contributed by atoms with E-state index in [2.05, 4.69) is 27.8 Å². The van der Waals surface area contributed by atoms with Gasteiger partial charge in [-0.2, -0.15) is 0 Å². The first-order valence-electron chi connectivity index (χ1n) is 8.10. The Morgan fingerprint density at radius 2 is 2.08 bits per heavy atom. The zero-order chi connectivity index (χ0) is 17.1. The van der Waals surface area contributed by atoms with Gasteiger partial charge in [-0.25, -0.2) is 4.39 Å². The van der Waals surface area contributed by atoms with E-state index in [-0.39, 0.29) is 17.5 Å². The third-order valence-corrected chi connectivity index (χ3v) is 4.90. The normalized spacial score (nSPS) is 12.5. The third-order valence-electron chi connectivity index (χ3n) is 4.40. The molecular weight excluding hydrogens is 369 g/mol. The lowest BCUT2D eigenvalue weighted by atomic mass is 9.94. The summed E-state index contributed by atoms with van der Waals surface area (Å²) in [5.41, 5.74) is 2.69. The molecule has 0 bridgehead atoms. The SMILES string of the molecule is C[C@H](CCCC(=O)c1c[nH]c2ccc(Br)cc12)c1cccc(F)c1. The molecule has 1 N–H and O–H groups in total. The zero-order valence-electron chi connectivity index (χ0n) is 13.5. The number of hydrogen-bond acceptors (Lipinski definition) is 1. The van der Waals surface area contributed by atoms with Crippen LogP contribution in [0.25, 0.3) is 10.9 Å². The van der Waals surface area contributed by atoms with Crippen LogP contribution in [0.5, 0.6) is 0 Å². The molecule has 4 heteroatoms. The summed E-state index contributed by atoms with van der Waals surface area (Å²) < 4.78 is 14.2. The lowest BCUT2D eigenvalue weighted by molar-refractivity contribution is 0.0980. The molecule has 2 nitrogen and oxygen atoms in total. The van der Waals surface area contributed by atoms with Crippen molar-refractivity contribution in [3.05, 3.63) is 70.1 Å². The van der Waals surface area contributed by atoms with Crippen LogP contribution in [0.4, 0.5) is 4.39 Å². The van der Waals surface area contributed by atoms with E-state index in [9.17, 15) is 9.18 Å². The van der Waals surface area contributed by atoms with Gasteiger partial charge in [-0.3, -0.25) is 4.79 Å². The predicted octanol–water partition coefficient (Wildman–Crippen LogP) is 6.23. The molecule has 0 amide bonds. The average molecular weight is 388 g/mol. The van der Waals surface area contributed by atoms with Gasteiger partial charge in [-0.15, -0.1) is 0 Å². The fourth-order valence-corrected chi connectivity index (χ4v) is 3.37. The van der Waals surface area contributed by atoms with E-state index in [0.29, 0.717) is 6.42 Å². The Morgan fingerprint density at radius 3 is 2.88 bits per heavy atom. The minimum atomic E-state index is -0.209. The van der Waals surface area contributed by atoms with E-state index >= 15 is 0 Å². The van der Waals surface area contributed by atoms with Crippen LogP contribution in [-0.4, -0.2) is 10.8 Å². The van der Waals surface area contributed by atoms with E-state index in [0.717, 1.165) is 39.3 Å². The summed E-state index contributed by atoms with van der Waals surface area (Å²) in [6, 6.07) is 12.6. The van der Waals surface area contributed by atoms with Crippen molar-refractivity contribution in [3.63, 3.8) is 0 Å². The highest BCUT2D eigenvalue weighted by atomic mass is 79.9. The van der Waals surface area contributed by atoms with E-state index in [1.807, 2.05) is 24.3 Å². The smallest absolute Gasteiger partial charge is 0.165 e. The number of nitrogens with one attached hydrogen (secondary N) is 1. The summed E-state index contributed by atoms with van der Waals surface area (Å²) in [6.07, 6.45) is 3.94. The van der Waals surface area contributed by atoms with Gasteiger partial charge in [-0.05, 0) is 54.7 Å². The second kappa shape index (κ2) is 7.31. The molecule has 0 saturated carbocycles. The number of H-pyrrole nitrogens is 1. The number of carbonyl (C=O) groups is 1. The Balaban J connectivity index is 1.62. The largest absolute Gasteiger partial charge is 0.360 e. The highest BCUT2D eigenvalue weighted by Gasteiger charge is 2.13. The first-order chi connectivity index (χ1) is 11.5. The standard InChI is InChI=1S/C20H19BrFNO/c1-13(14-5-3-6-16(22)10-14)4-2-7-20(24)18-12-23-19-9-8-15(21)11-17(18)19/h3,5-6,8-13,23H,2,4,7H2,1H3/t13-/m1/s1. The quantitative estimate of drug-likeness (QED) is 0.499. The molecule has 1 aromatic heterocycles. The minimum Gasteiger partial charge on any atom is -0.360 e. The first kappa shape index (κ1) is 16.9. The maximum absolute atomic E-state index is 13.3. The molecule has 124 valence electrons. The van der Waals surface area contributed by atoms with Crippen molar-refractivity contribution >= 4 is 32.6 Å². The molecule has 3 rings (SSSR count). The molecule has 0 unspecified atom stereocenters. The van der Waals surface area contributed by atoms with Gasteiger partial charge < -0.3 is 4.98 Å². The summed E-state index contributed by atoms with van der Waals surface area (Å²) in [6.45, 7) is 2.07. The Labute approximate surface area is 149 Å². The van der Waals surface area contributed by atoms with E-state index in [4.69, 9.17) is 0 Å². The lowest BCUT2D eigenvalue weighted by Crippen LogP contribution is -2.00. The molecule has 0 aliphatic heterocycles. The molecule has 0 aliphatic carbocycles. The highest BCUT2D eigenvalue weighted by Crippen LogP contribution is 2.26. The van der Waals surface area contributed by atoms with Gasteiger partial charge in [0.2, 0.25) is 0 Å². The fourth-order valence-electron chi connectivity index (χ4n) is 3.01. The number of Topliss-reactive ketones (excluding diaryl/α,β-unsaturated/α-hetero) is 1. The molecule has 1 atom stereocenters. The van der Waals surface area contributed by atoms with Crippen LogP contribution in [0.3, 0.4) is 0 Å². The number of ketones is 1. The summed E-state index contributed by atoms with van der Waals surface area (Å²) in [7, 11) is 0. The van der Waals surface area contributed by atoms with Crippen molar-refractivity contribution in [2.24, 2.45) is 0 Å². The van der Waals surface area contributed by atoms with E-state index < -0.39 is 0 Å². The van der Waals surface area contributed by atoms with Gasteiger partial charge in [0, 0.05) is 33.6 Å². The molecule has 0 radical (unpaired) electrons. The number of aromatic amines is 1. The molecule has 0 saturated heterocycles. The van der Waals surface area contributed by atoms with Crippen molar-refractivity contribution in [1.29, 1.82) is 0 Å². The van der Waals surface area contributed by atoms with Gasteiger partial charge in [-0.1, -0.05) is 35.0 Å². The van der Waals surface area contributed by atoms with Crippen molar-refractivity contribution in [1.82, 2.24) is 4.98 Å². The highest BCUT2D eigenvalue weighted by molar-refractivity contribution is 9.10. The summed E-state index contributed by atoms with van der Waals surface area (Å²) >= 11 is 3.45. The summed E-state index contributed by atoms with van der Waals surface area (Å²) in [5.74, 6) is 0.177. The Kier molecular flexibility index (Phi) is 5.14. The second-order valence-corrected chi connectivity index (χ2v) is 7.08. The van der Waals surface area contributed by atoms with Crippen LogP contribution in [-0.2, 0) is 0 Å². The third kappa shape index (κ3) is 3.75. The number of halogens is 2. The Morgan fingerprint density at radius 1 is 1.25 bits per heavy atom. The van der Waals surface area contributed by atoms with Crippen molar-refractivity contribution in [2.75, 3.05) is 0 Å². The number of fused-ring (bicyclic) bond motifs is 1. The predicted molar refractivity (Wildman–Crippen MR) is 99.0 cm³/mol. The number of aromatic nitrogens is 1. The molecule has 24 heavy (non-hydrogen) atoms. The number of rotatable bonds is 6. The van der Waals surface area contributed by atoms with Crippen LogP contribution >= 0.6 is 15.9 Å². The van der Waals surface area contributed by atoms with Crippen molar-refractivity contribution in [2.45, 2.75) is 32.1 Å². The second-order valence-electron chi connectivity index (χ2n) is 6.16. The van der Waals surface area contributed by atoms with Crippen molar-refractivity contribution in [3.8, 4) is 0 Å². The lowest BCUT2D eigenvalue weighted by Gasteiger charge is -2.11. The van der Waals surface area contributed by atoms with Crippen molar-refractivity contribution < 1.29 is 9.18 Å². The average Bonchev–Trinajstić information content (AvgIpc) is 2.97. The molecule has 0 fully saturated rings. The number of carbonyl (C=O) groups excluding carboxylic acids is 1. The maximum Gasteiger partial charge on any atom is 0.165 e. The molecule has 3 aromatic rings. The van der Waals surface area contributed by atoms with Gasteiger partial charge in [0.15, 0.2) is 5.78 Å². The fraction of sp³-hybridized carbons (Fsp3) is 0.250. The monoisotopic (exact) mass is 387 g/mol. The zero-order valence-corrected chi connectivity index (χ0v) is 15.1.